The van der Waals surface area contributed by atoms with Gasteiger partial charge in [0.2, 0.25) is 0 Å². The summed E-state index contributed by atoms with van der Waals surface area (Å²) in [5.74, 6) is -1.46. The fraction of sp³-hybridized carbons (Fsp3) is 0.320. The summed E-state index contributed by atoms with van der Waals surface area (Å²) in [7, 11) is 0. The highest BCUT2D eigenvalue weighted by atomic mass is 19.1. The Kier molecular flexibility index (Phi) is 6.28. The van der Waals surface area contributed by atoms with Crippen LogP contribution in [0.2, 0.25) is 0 Å². The Hall–Kier alpha value is -3.19. The molecule has 166 valence electrons. The smallest absolute Gasteiger partial charge is 0.274 e. The Morgan fingerprint density at radius 2 is 1.97 bits per heavy atom. The number of halogens is 2. The van der Waals surface area contributed by atoms with Gasteiger partial charge in [-0.15, -0.1) is 0 Å². The summed E-state index contributed by atoms with van der Waals surface area (Å²) >= 11 is 0. The molecule has 0 spiro atoms. The molecule has 3 aromatic rings. The van der Waals surface area contributed by atoms with Crippen molar-refractivity contribution in [3.63, 3.8) is 0 Å². The highest BCUT2D eigenvalue weighted by Gasteiger charge is 2.28. The Labute approximate surface area is 185 Å². The van der Waals surface area contributed by atoms with Crippen molar-refractivity contribution in [3.05, 3.63) is 77.2 Å². The van der Waals surface area contributed by atoms with Gasteiger partial charge in [0.05, 0.1) is 18.0 Å². The molecule has 1 aromatic carbocycles. The molecule has 0 saturated heterocycles. The van der Waals surface area contributed by atoms with Crippen LogP contribution in [0.3, 0.4) is 0 Å². The summed E-state index contributed by atoms with van der Waals surface area (Å²) in [6.07, 6.45) is 5.26. The van der Waals surface area contributed by atoms with Crippen molar-refractivity contribution in [2.75, 3.05) is 5.32 Å². The number of nitrogens with one attached hydrogen (secondary N) is 1. The van der Waals surface area contributed by atoms with Gasteiger partial charge in [-0.25, -0.2) is 13.8 Å². The lowest BCUT2D eigenvalue weighted by Crippen LogP contribution is -2.26. The molecular weight excluding hydrogens is 412 g/mol. The van der Waals surface area contributed by atoms with E-state index in [-0.39, 0.29) is 34.9 Å². The topological polar surface area (TPSA) is 75.1 Å². The molecule has 0 radical (unpaired) electrons. The van der Waals surface area contributed by atoms with Crippen molar-refractivity contribution in [1.82, 2.24) is 9.97 Å². The van der Waals surface area contributed by atoms with Crippen molar-refractivity contribution in [1.29, 1.82) is 0 Å². The van der Waals surface area contributed by atoms with Gasteiger partial charge in [0.25, 0.3) is 5.91 Å². The van der Waals surface area contributed by atoms with Crippen LogP contribution in [-0.2, 0) is 0 Å². The van der Waals surface area contributed by atoms with E-state index in [0.717, 1.165) is 24.5 Å². The Balaban J connectivity index is 1.61. The van der Waals surface area contributed by atoms with Gasteiger partial charge in [-0.2, -0.15) is 0 Å². The van der Waals surface area contributed by atoms with Crippen LogP contribution in [0.5, 0.6) is 0 Å². The lowest BCUT2D eigenvalue weighted by Gasteiger charge is -2.32. The molecule has 1 aliphatic carbocycles. The number of hydrogen-bond donors (Lipinski definition) is 2. The Morgan fingerprint density at radius 1 is 1.16 bits per heavy atom. The van der Waals surface area contributed by atoms with Gasteiger partial charge in [-0.1, -0.05) is 19.1 Å². The quantitative estimate of drug-likeness (QED) is 0.585. The van der Waals surface area contributed by atoms with Crippen molar-refractivity contribution in [2.45, 2.75) is 45.1 Å². The lowest BCUT2D eigenvalue weighted by molar-refractivity contribution is 0.0712. The molecule has 1 fully saturated rings. The van der Waals surface area contributed by atoms with Crippen LogP contribution >= 0.6 is 0 Å². The summed E-state index contributed by atoms with van der Waals surface area (Å²) in [5, 5.41) is 12.9. The van der Waals surface area contributed by atoms with E-state index in [1.54, 1.807) is 31.5 Å². The minimum Gasteiger partial charge on any atom is -0.393 e. The number of aliphatic hydroxyl groups excluding tert-OH is 1. The van der Waals surface area contributed by atoms with E-state index >= 15 is 0 Å². The number of hydrogen-bond acceptors (Lipinski definition) is 4. The fourth-order valence-electron chi connectivity index (χ4n) is 4.30. The molecule has 32 heavy (non-hydrogen) atoms. The van der Waals surface area contributed by atoms with E-state index in [2.05, 4.69) is 15.3 Å². The zero-order valence-corrected chi connectivity index (χ0v) is 18.0. The molecular formula is C25H25F2N3O2. The molecule has 0 aliphatic heterocycles. The standard InChI is InChI=1S/C25H25F2N3O2/c1-14-4-3-5-18(23(14)27)24-19(26)7-8-20(29-24)25(32)30-21-13-28-11-10-17(21)16-6-9-22(31)15(2)12-16/h3-5,7-8,10-11,13,15-16,22,31H,6,9,12H2,1-2H3,(H,30,32)/t15-,16-,22-/m0/s1. The van der Waals surface area contributed by atoms with E-state index in [4.69, 9.17) is 0 Å². The highest BCUT2D eigenvalue weighted by molar-refractivity contribution is 6.03. The number of aromatic nitrogens is 2. The lowest BCUT2D eigenvalue weighted by atomic mass is 9.77. The van der Waals surface area contributed by atoms with Crippen molar-refractivity contribution in [2.24, 2.45) is 5.92 Å². The number of carbonyl (C=O) groups excluding carboxylic acids is 1. The van der Waals surface area contributed by atoms with Crippen molar-refractivity contribution in [3.8, 4) is 11.3 Å². The average molecular weight is 437 g/mol. The normalized spacial score (nSPS) is 20.7. The van der Waals surface area contributed by atoms with Gasteiger partial charge >= 0.3 is 0 Å². The first-order chi connectivity index (χ1) is 15.3. The maximum absolute atomic E-state index is 14.5. The predicted octanol–water partition coefficient (Wildman–Crippen LogP) is 5.25. The van der Waals surface area contributed by atoms with Crippen LogP contribution < -0.4 is 5.32 Å². The van der Waals surface area contributed by atoms with E-state index in [1.165, 1.54) is 12.1 Å². The van der Waals surface area contributed by atoms with Gasteiger partial charge in [0.1, 0.15) is 23.0 Å². The van der Waals surface area contributed by atoms with Crippen LogP contribution in [0.25, 0.3) is 11.3 Å². The van der Waals surface area contributed by atoms with E-state index < -0.39 is 17.5 Å². The summed E-state index contributed by atoms with van der Waals surface area (Å²) < 4.78 is 29.0. The first-order valence-corrected chi connectivity index (χ1v) is 10.7. The second-order valence-corrected chi connectivity index (χ2v) is 8.44. The molecule has 0 unspecified atom stereocenters. The van der Waals surface area contributed by atoms with Gasteiger partial charge in [0, 0.05) is 11.8 Å². The molecule has 1 saturated carbocycles. The number of benzene rings is 1. The summed E-state index contributed by atoms with van der Waals surface area (Å²) in [4.78, 5) is 21.2. The number of nitrogens with zero attached hydrogens (tertiary/aromatic N) is 2. The van der Waals surface area contributed by atoms with Crippen LogP contribution in [0.4, 0.5) is 14.5 Å². The van der Waals surface area contributed by atoms with Gasteiger partial charge < -0.3 is 10.4 Å². The Bertz CT molecular complexity index is 1150. The van der Waals surface area contributed by atoms with Gasteiger partial charge in [-0.3, -0.25) is 9.78 Å². The van der Waals surface area contributed by atoms with Gasteiger partial charge in [-0.05, 0) is 73.4 Å². The number of carbonyl (C=O) groups is 1. The van der Waals surface area contributed by atoms with Crippen LogP contribution in [0.1, 0.15) is 53.7 Å². The van der Waals surface area contributed by atoms with Crippen LogP contribution in [-0.4, -0.2) is 27.1 Å². The maximum atomic E-state index is 14.5. The minimum atomic E-state index is -0.706. The number of aryl methyl sites for hydroxylation is 1. The maximum Gasteiger partial charge on any atom is 0.274 e. The molecule has 7 heteroatoms. The number of anilines is 1. The second kappa shape index (κ2) is 9.12. The molecule has 1 amide bonds. The first-order valence-electron chi connectivity index (χ1n) is 10.7. The second-order valence-electron chi connectivity index (χ2n) is 8.44. The molecule has 0 bridgehead atoms. The van der Waals surface area contributed by atoms with Crippen molar-refractivity contribution >= 4 is 11.6 Å². The molecule has 3 atom stereocenters. The first kappa shape index (κ1) is 22.0. The zero-order chi connectivity index (χ0) is 22.8. The van der Waals surface area contributed by atoms with E-state index in [9.17, 15) is 18.7 Å². The molecule has 5 nitrogen and oxygen atoms in total. The number of aliphatic hydroxyl groups is 1. The number of pyridine rings is 2. The highest BCUT2D eigenvalue weighted by Crippen LogP contribution is 2.39. The fourth-order valence-corrected chi connectivity index (χ4v) is 4.30. The number of amides is 1. The molecule has 4 rings (SSSR count). The predicted molar refractivity (Wildman–Crippen MR) is 118 cm³/mol. The third-order valence-electron chi connectivity index (χ3n) is 6.19. The molecule has 1 aliphatic rings. The third-order valence-corrected chi connectivity index (χ3v) is 6.19. The monoisotopic (exact) mass is 437 g/mol. The Morgan fingerprint density at radius 3 is 2.75 bits per heavy atom. The van der Waals surface area contributed by atoms with E-state index in [1.807, 2.05) is 13.0 Å². The third kappa shape index (κ3) is 4.39. The van der Waals surface area contributed by atoms with Gasteiger partial charge in [0.15, 0.2) is 0 Å². The minimum absolute atomic E-state index is 0.00830. The molecule has 2 N–H and O–H groups in total. The van der Waals surface area contributed by atoms with E-state index in [0.29, 0.717) is 17.7 Å². The van der Waals surface area contributed by atoms with Crippen molar-refractivity contribution < 1.29 is 18.7 Å². The SMILES string of the molecule is Cc1cccc(-c2nc(C(=O)Nc3cnccc3[C@H]3CC[C@H](O)[C@@H](C)C3)ccc2F)c1F. The zero-order valence-electron chi connectivity index (χ0n) is 18.0. The molecule has 2 heterocycles. The summed E-state index contributed by atoms with van der Waals surface area (Å²) in [5.41, 5.74) is 1.64. The van der Waals surface area contributed by atoms with Crippen LogP contribution in [0.15, 0.2) is 48.8 Å². The molecule has 2 aromatic heterocycles. The largest absolute Gasteiger partial charge is 0.393 e. The van der Waals surface area contributed by atoms with Crippen LogP contribution in [0, 0.1) is 24.5 Å². The average Bonchev–Trinajstić information content (AvgIpc) is 2.78. The number of rotatable bonds is 4. The summed E-state index contributed by atoms with van der Waals surface area (Å²) in [6.45, 7) is 3.60. The summed E-state index contributed by atoms with van der Waals surface area (Å²) in [6, 6.07) is 8.90.